The summed E-state index contributed by atoms with van der Waals surface area (Å²) in [5.74, 6) is 0. The minimum absolute atomic E-state index is 0.253. The van der Waals surface area contributed by atoms with Gasteiger partial charge in [0.25, 0.3) is 0 Å². The van der Waals surface area contributed by atoms with Crippen molar-refractivity contribution >= 4 is 15.9 Å². The summed E-state index contributed by atoms with van der Waals surface area (Å²) < 4.78 is 6.73. The fourth-order valence-electron chi connectivity index (χ4n) is 1.17. The predicted molar refractivity (Wildman–Crippen MR) is 62.3 cm³/mol. The van der Waals surface area contributed by atoms with Crippen LogP contribution >= 0.6 is 15.9 Å². The van der Waals surface area contributed by atoms with Gasteiger partial charge < -0.3 is 10.1 Å². The highest BCUT2D eigenvalue weighted by Crippen LogP contribution is 2.11. The zero-order valence-corrected chi connectivity index (χ0v) is 10.2. The van der Waals surface area contributed by atoms with Crippen LogP contribution in [0.2, 0.25) is 0 Å². The van der Waals surface area contributed by atoms with E-state index in [0.29, 0.717) is 6.61 Å². The van der Waals surface area contributed by atoms with E-state index >= 15 is 0 Å². The molecule has 1 aromatic carbocycles. The molecular formula is C11H16BrNO. The van der Waals surface area contributed by atoms with Crippen LogP contribution in [-0.2, 0) is 11.3 Å². The molecule has 78 valence electrons. The largest absolute Gasteiger partial charge is 0.373 e. The molecule has 0 saturated carbocycles. The molecule has 0 spiro atoms. The van der Waals surface area contributed by atoms with Crippen molar-refractivity contribution in [3.05, 3.63) is 34.3 Å². The number of hydrogen-bond acceptors (Lipinski definition) is 2. The molecule has 0 aliphatic heterocycles. The Morgan fingerprint density at radius 1 is 1.36 bits per heavy atom. The first-order valence-corrected chi connectivity index (χ1v) is 5.52. The lowest BCUT2D eigenvalue weighted by molar-refractivity contribution is 0.0545. The number of rotatable bonds is 5. The lowest BCUT2D eigenvalue weighted by Crippen LogP contribution is -2.23. The van der Waals surface area contributed by atoms with Crippen LogP contribution in [0.1, 0.15) is 12.5 Å². The second-order valence-corrected chi connectivity index (χ2v) is 4.22. The number of benzene rings is 1. The lowest BCUT2D eigenvalue weighted by atomic mass is 10.2. The van der Waals surface area contributed by atoms with Gasteiger partial charge in [-0.25, -0.2) is 0 Å². The van der Waals surface area contributed by atoms with Gasteiger partial charge >= 0.3 is 0 Å². The maximum Gasteiger partial charge on any atom is 0.0721 e. The summed E-state index contributed by atoms with van der Waals surface area (Å²) in [6.45, 7) is 3.63. The molecule has 0 aromatic heterocycles. The number of likely N-dealkylation sites (N-methyl/N-ethyl adjacent to an activating group) is 1. The molecule has 1 atom stereocenters. The average Bonchev–Trinajstić information content (AvgIpc) is 2.17. The molecule has 1 N–H and O–H groups in total. The summed E-state index contributed by atoms with van der Waals surface area (Å²) in [4.78, 5) is 0. The molecule has 3 heteroatoms. The Morgan fingerprint density at radius 2 is 2.00 bits per heavy atom. The molecule has 1 unspecified atom stereocenters. The monoisotopic (exact) mass is 257 g/mol. The molecule has 1 aromatic rings. The van der Waals surface area contributed by atoms with E-state index < -0.39 is 0 Å². The Hall–Kier alpha value is -0.380. The highest BCUT2D eigenvalue weighted by molar-refractivity contribution is 9.10. The minimum Gasteiger partial charge on any atom is -0.373 e. The highest BCUT2D eigenvalue weighted by atomic mass is 79.9. The van der Waals surface area contributed by atoms with Gasteiger partial charge in [0.2, 0.25) is 0 Å². The van der Waals surface area contributed by atoms with Crippen LogP contribution in [-0.4, -0.2) is 19.7 Å². The first-order valence-electron chi connectivity index (χ1n) is 4.73. The molecule has 0 aliphatic rings. The van der Waals surface area contributed by atoms with Crippen LogP contribution in [0.15, 0.2) is 28.7 Å². The highest BCUT2D eigenvalue weighted by Gasteiger charge is 2.00. The number of nitrogens with one attached hydrogen (secondary N) is 1. The SMILES string of the molecule is CNCC(C)OCc1ccc(Br)cc1. The molecular weight excluding hydrogens is 242 g/mol. The Labute approximate surface area is 93.8 Å². The molecule has 0 radical (unpaired) electrons. The number of hydrogen-bond donors (Lipinski definition) is 1. The van der Waals surface area contributed by atoms with Gasteiger partial charge in [0.15, 0.2) is 0 Å². The van der Waals surface area contributed by atoms with Crippen LogP contribution in [0.3, 0.4) is 0 Å². The average molecular weight is 258 g/mol. The number of ether oxygens (including phenoxy) is 1. The fraction of sp³-hybridized carbons (Fsp3) is 0.455. The van der Waals surface area contributed by atoms with E-state index in [1.165, 1.54) is 5.56 Å². The van der Waals surface area contributed by atoms with Crippen LogP contribution in [0.5, 0.6) is 0 Å². The Kier molecular flexibility index (Phi) is 5.15. The summed E-state index contributed by atoms with van der Waals surface area (Å²) in [6, 6.07) is 8.19. The van der Waals surface area contributed by atoms with E-state index in [4.69, 9.17) is 4.74 Å². The summed E-state index contributed by atoms with van der Waals surface area (Å²) in [7, 11) is 1.93. The molecule has 0 saturated heterocycles. The molecule has 0 aliphatic carbocycles. The van der Waals surface area contributed by atoms with Crippen LogP contribution in [0.4, 0.5) is 0 Å². The maximum absolute atomic E-state index is 5.63. The van der Waals surface area contributed by atoms with E-state index in [-0.39, 0.29) is 6.10 Å². The van der Waals surface area contributed by atoms with Crippen molar-refractivity contribution in [1.82, 2.24) is 5.32 Å². The zero-order valence-electron chi connectivity index (χ0n) is 8.59. The van der Waals surface area contributed by atoms with Crippen molar-refractivity contribution in [3.63, 3.8) is 0 Å². The van der Waals surface area contributed by atoms with Crippen molar-refractivity contribution < 1.29 is 4.74 Å². The van der Waals surface area contributed by atoms with E-state index in [1.807, 2.05) is 19.2 Å². The normalized spacial score (nSPS) is 12.8. The molecule has 1 rings (SSSR count). The third-order valence-electron chi connectivity index (χ3n) is 1.94. The summed E-state index contributed by atoms with van der Waals surface area (Å²) in [5, 5.41) is 3.08. The van der Waals surface area contributed by atoms with Gasteiger partial charge in [0.1, 0.15) is 0 Å². The Bertz CT molecular complexity index is 260. The third-order valence-corrected chi connectivity index (χ3v) is 2.47. The molecule has 0 bridgehead atoms. The quantitative estimate of drug-likeness (QED) is 0.876. The van der Waals surface area contributed by atoms with E-state index in [1.54, 1.807) is 0 Å². The summed E-state index contributed by atoms with van der Waals surface area (Å²) in [5.41, 5.74) is 1.20. The van der Waals surface area contributed by atoms with E-state index in [9.17, 15) is 0 Å². The van der Waals surface area contributed by atoms with Crippen molar-refractivity contribution in [1.29, 1.82) is 0 Å². The van der Waals surface area contributed by atoms with Gasteiger partial charge in [-0.05, 0) is 31.7 Å². The molecule has 2 nitrogen and oxygen atoms in total. The maximum atomic E-state index is 5.63. The van der Waals surface area contributed by atoms with Crippen molar-refractivity contribution in [2.45, 2.75) is 19.6 Å². The van der Waals surface area contributed by atoms with Crippen LogP contribution < -0.4 is 5.32 Å². The predicted octanol–water partition coefficient (Wildman–Crippen LogP) is 2.57. The first kappa shape index (κ1) is 11.7. The summed E-state index contributed by atoms with van der Waals surface area (Å²) in [6.07, 6.45) is 0.253. The lowest BCUT2D eigenvalue weighted by Gasteiger charge is -2.12. The smallest absolute Gasteiger partial charge is 0.0721 e. The van der Waals surface area contributed by atoms with Gasteiger partial charge in [-0.1, -0.05) is 28.1 Å². The molecule has 0 heterocycles. The second kappa shape index (κ2) is 6.17. The third kappa shape index (κ3) is 4.22. The number of halogens is 1. The van der Waals surface area contributed by atoms with Crippen molar-refractivity contribution in [3.8, 4) is 0 Å². The van der Waals surface area contributed by atoms with Gasteiger partial charge in [-0.15, -0.1) is 0 Å². The summed E-state index contributed by atoms with van der Waals surface area (Å²) >= 11 is 3.40. The van der Waals surface area contributed by atoms with E-state index in [0.717, 1.165) is 11.0 Å². The van der Waals surface area contributed by atoms with Crippen molar-refractivity contribution in [2.24, 2.45) is 0 Å². The van der Waals surface area contributed by atoms with E-state index in [2.05, 4.69) is 40.3 Å². The second-order valence-electron chi connectivity index (χ2n) is 3.31. The van der Waals surface area contributed by atoms with Gasteiger partial charge in [-0.2, -0.15) is 0 Å². The van der Waals surface area contributed by atoms with Gasteiger partial charge in [-0.3, -0.25) is 0 Å². The van der Waals surface area contributed by atoms with Crippen molar-refractivity contribution in [2.75, 3.05) is 13.6 Å². The minimum atomic E-state index is 0.253. The van der Waals surface area contributed by atoms with Gasteiger partial charge in [0, 0.05) is 11.0 Å². The molecule has 0 fully saturated rings. The standard InChI is InChI=1S/C11H16BrNO/c1-9(7-13-2)14-8-10-3-5-11(12)6-4-10/h3-6,9,13H,7-8H2,1-2H3. The molecule has 0 amide bonds. The van der Waals surface area contributed by atoms with Crippen LogP contribution in [0, 0.1) is 0 Å². The first-order chi connectivity index (χ1) is 6.72. The topological polar surface area (TPSA) is 21.3 Å². The Morgan fingerprint density at radius 3 is 2.57 bits per heavy atom. The van der Waals surface area contributed by atoms with Crippen LogP contribution in [0.25, 0.3) is 0 Å². The molecule has 14 heavy (non-hydrogen) atoms. The Balaban J connectivity index is 2.34. The fourth-order valence-corrected chi connectivity index (χ4v) is 1.43. The zero-order chi connectivity index (χ0) is 10.4. The van der Waals surface area contributed by atoms with Gasteiger partial charge in [0.05, 0.1) is 12.7 Å².